The van der Waals surface area contributed by atoms with Crippen LogP contribution in [0.4, 0.5) is 10.1 Å². The number of hydrogen-bond acceptors (Lipinski definition) is 4. The van der Waals surface area contributed by atoms with Gasteiger partial charge in [0.2, 0.25) is 0 Å². The van der Waals surface area contributed by atoms with Crippen molar-refractivity contribution in [3.8, 4) is 5.75 Å². The number of benzene rings is 2. The Bertz CT molecular complexity index is 668. The normalized spacial score (nSPS) is 13.6. The summed E-state index contributed by atoms with van der Waals surface area (Å²) in [5, 5.41) is 18.6. The van der Waals surface area contributed by atoms with Crippen molar-refractivity contribution in [2.45, 2.75) is 12.2 Å². The summed E-state index contributed by atoms with van der Waals surface area (Å²) in [6.45, 7) is -1.15. The van der Waals surface area contributed by atoms with E-state index in [4.69, 9.17) is 9.84 Å². The minimum absolute atomic E-state index is 0.154. The van der Waals surface area contributed by atoms with Gasteiger partial charge in [-0.15, -0.1) is 0 Å². The van der Waals surface area contributed by atoms with Crippen LogP contribution < -0.4 is 9.64 Å². The highest BCUT2D eigenvalue weighted by molar-refractivity contribution is 5.70. The van der Waals surface area contributed by atoms with E-state index in [9.17, 15) is 9.50 Å². The monoisotopic (exact) mass is 345 g/mol. The van der Waals surface area contributed by atoms with Gasteiger partial charge in [-0.2, -0.15) is 0 Å². The van der Waals surface area contributed by atoms with E-state index in [-0.39, 0.29) is 6.61 Å². The summed E-state index contributed by atoms with van der Waals surface area (Å²) >= 11 is 0. The van der Waals surface area contributed by atoms with Crippen LogP contribution in [0.3, 0.4) is 0 Å². The lowest BCUT2D eigenvalue weighted by Crippen LogP contribution is -2.33. The number of aliphatic hydroxyl groups is 2. The molecule has 0 spiro atoms. The molecule has 0 aliphatic rings. The maximum absolute atomic E-state index is 12.2. The summed E-state index contributed by atoms with van der Waals surface area (Å²) in [4.78, 5) is 2.05. The highest BCUT2D eigenvalue weighted by Crippen LogP contribution is 2.17. The van der Waals surface area contributed by atoms with Crippen molar-refractivity contribution in [1.29, 1.82) is 0 Å². The van der Waals surface area contributed by atoms with Crippen molar-refractivity contribution in [3.05, 3.63) is 59.7 Å². The highest BCUT2D eigenvalue weighted by Gasteiger charge is 2.16. The number of ether oxygens (including phenoxy) is 1. The fourth-order valence-corrected chi connectivity index (χ4v) is 2.15. The van der Waals surface area contributed by atoms with E-state index in [1.165, 1.54) is 0 Å². The summed E-state index contributed by atoms with van der Waals surface area (Å²) in [5.74, 6) is 0.553. The maximum atomic E-state index is 12.2. The third-order valence-electron chi connectivity index (χ3n) is 3.78. The molecule has 0 radical (unpaired) electrons. The molecule has 0 saturated carbocycles. The smallest absolute Gasteiger partial charge is 0.119 e. The Morgan fingerprint density at radius 2 is 1.44 bits per heavy atom. The van der Waals surface area contributed by atoms with Crippen molar-refractivity contribution >= 4 is 17.8 Å². The molecule has 2 atom stereocenters. The second-order valence-electron chi connectivity index (χ2n) is 5.99. The van der Waals surface area contributed by atoms with Crippen molar-refractivity contribution in [2.75, 3.05) is 32.3 Å². The van der Waals surface area contributed by atoms with Gasteiger partial charge in [0, 0.05) is 19.8 Å². The number of rotatable bonds is 8. The lowest BCUT2D eigenvalue weighted by molar-refractivity contribution is -0.0186. The Kier molecular flexibility index (Phi) is 6.98. The molecule has 0 fully saturated rings. The minimum atomic E-state index is -1.42. The molecule has 0 bridgehead atoms. The Morgan fingerprint density at radius 1 is 0.920 bits per heavy atom. The highest BCUT2D eigenvalue weighted by atomic mass is 19.1. The van der Waals surface area contributed by atoms with Crippen molar-refractivity contribution in [3.63, 3.8) is 0 Å². The van der Waals surface area contributed by atoms with Gasteiger partial charge in [-0.1, -0.05) is 36.4 Å². The molecule has 2 rings (SSSR count). The quantitative estimate of drug-likeness (QED) is 0.722. The van der Waals surface area contributed by atoms with Crippen LogP contribution in [0.15, 0.2) is 48.5 Å². The predicted octanol–water partition coefficient (Wildman–Crippen LogP) is 2.99. The second kappa shape index (κ2) is 9.20. The number of alkyl halides is 1. The maximum Gasteiger partial charge on any atom is 0.119 e. The van der Waals surface area contributed by atoms with Crippen LogP contribution in [-0.2, 0) is 0 Å². The van der Waals surface area contributed by atoms with Crippen molar-refractivity contribution in [2.24, 2.45) is 0 Å². The van der Waals surface area contributed by atoms with E-state index in [1.807, 2.05) is 38.4 Å². The average Bonchev–Trinajstić information content (AvgIpc) is 2.64. The predicted molar refractivity (Wildman–Crippen MR) is 99.6 cm³/mol. The molecule has 0 aromatic heterocycles. The van der Waals surface area contributed by atoms with Crippen LogP contribution in [0.1, 0.15) is 11.1 Å². The van der Waals surface area contributed by atoms with E-state index in [2.05, 4.69) is 29.2 Å². The summed E-state index contributed by atoms with van der Waals surface area (Å²) < 4.78 is 17.6. The standard InChI is InChI=1S/C20H24FNO3/c1-22(2)17-9-5-15(6-10-17)3-4-16-7-11-18(12-8-16)25-14-20(24)19(23)13-21/h3-12,19-20,23-24H,13-14H2,1-2H3/b4-3+. The first-order valence-electron chi connectivity index (χ1n) is 8.10. The van der Waals surface area contributed by atoms with Gasteiger partial charge in [0.1, 0.15) is 31.2 Å². The van der Waals surface area contributed by atoms with Crippen LogP contribution in [0.25, 0.3) is 12.2 Å². The molecule has 0 amide bonds. The Balaban J connectivity index is 1.91. The Labute approximate surface area is 147 Å². The fourth-order valence-electron chi connectivity index (χ4n) is 2.15. The molecule has 5 heteroatoms. The zero-order chi connectivity index (χ0) is 18.2. The summed E-state index contributed by atoms with van der Waals surface area (Å²) in [6, 6.07) is 15.5. The third-order valence-corrected chi connectivity index (χ3v) is 3.78. The largest absolute Gasteiger partial charge is 0.491 e. The molecule has 0 saturated heterocycles. The molecule has 2 aromatic rings. The van der Waals surface area contributed by atoms with Gasteiger partial charge in [0.15, 0.2) is 0 Å². The molecule has 2 aromatic carbocycles. The molecule has 25 heavy (non-hydrogen) atoms. The first-order valence-corrected chi connectivity index (χ1v) is 8.10. The zero-order valence-electron chi connectivity index (χ0n) is 14.5. The molecule has 0 aliphatic carbocycles. The van der Waals surface area contributed by atoms with Crippen molar-refractivity contribution in [1.82, 2.24) is 0 Å². The van der Waals surface area contributed by atoms with E-state index < -0.39 is 18.9 Å². The molecule has 134 valence electrons. The van der Waals surface area contributed by atoms with E-state index in [0.29, 0.717) is 5.75 Å². The SMILES string of the molecule is CN(C)c1ccc(/C=C/c2ccc(OCC(O)C(O)CF)cc2)cc1. The third kappa shape index (κ3) is 5.89. The average molecular weight is 345 g/mol. The molecular formula is C20H24FNO3. The van der Waals surface area contributed by atoms with Gasteiger partial charge in [0.05, 0.1) is 0 Å². The van der Waals surface area contributed by atoms with Crippen LogP contribution >= 0.6 is 0 Å². The molecule has 2 unspecified atom stereocenters. The number of nitrogens with zero attached hydrogens (tertiary/aromatic N) is 1. The second-order valence-corrected chi connectivity index (χ2v) is 5.99. The number of aliphatic hydroxyl groups excluding tert-OH is 2. The van der Waals surface area contributed by atoms with Gasteiger partial charge in [0.25, 0.3) is 0 Å². The Hall–Kier alpha value is -2.37. The molecule has 0 heterocycles. The lowest BCUT2D eigenvalue weighted by atomic mass is 10.1. The van der Waals surface area contributed by atoms with E-state index in [1.54, 1.807) is 12.1 Å². The topological polar surface area (TPSA) is 52.9 Å². The summed E-state index contributed by atoms with van der Waals surface area (Å²) in [7, 11) is 4.01. The summed E-state index contributed by atoms with van der Waals surface area (Å²) in [6.07, 6.45) is 1.36. The van der Waals surface area contributed by atoms with Crippen LogP contribution in [-0.4, -0.2) is 49.8 Å². The number of halogens is 1. The van der Waals surface area contributed by atoms with Gasteiger partial charge in [-0.05, 0) is 35.4 Å². The Morgan fingerprint density at radius 3 is 1.92 bits per heavy atom. The van der Waals surface area contributed by atoms with Gasteiger partial charge < -0.3 is 19.8 Å². The minimum Gasteiger partial charge on any atom is -0.491 e. The number of hydrogen-bond donors (Lipinski definition) is 2. The van der Waals surface area contributed by atoms with Crippen LogP contribution in [0, 0.1) is 0 Å². The van der Waals surface area contributed by atoms with Gasteiger partial charge in [-0.3, -0.25) is 0 Å². The van der Waals surface area contributed by atoms with Crippen LogP contribution in [0.5, 0.6) is 5.75 Å². The molecule has 0 aliphatic heterocycles. The summed E-state index contributed by atoms with van der Waals surface area (Å²) in [5.41, 5.74) is 3.27. The lowest BCUT2D eigenvalue weighted by Gasteiger charge is -2.15. The van der Waals surface area contributed by atoms with Crippen LogP contribution in [0.2, 0.25) is 0 Å². The first kappa shape index (κ1) is 19.0. The molecular weight excluding hydrogens is 321 g/mol. The van der Waals surface area contributed by atoms with Gasteiger partial charge >= 0.3 is 0 Å². The van der Waals surface area contributed by atoms with Gasteiger partial charge in [-0.25, -0.2) is 4.39 Å². The zero-order valence-corrected chi connectivity index (χ0v) is 14.5. The van der Waals surface area contributed by atoms with Crippen molar-refractivity contribution < 1.29 is 19.3 Å². The fraction of sp³-hybridized carbons (Fsp3) is 0.300. The molecule has 2 N–H and O–H groups in total. The first-order chi connectivity index (χ1) is 12.0. The van der Waals surface area contributed by atoms with E-state index in [0.717, 1.165) is 16.8 Å². The number of anilines is 1. The molecule has 4 nitrogen and oxygen atoms in total. The van der Waals surface area contributed by atoms with E-state index >= 15 is 0 Å².